The van der Waals surface area contributed by atoms with Crippen LogP contribution in [0.15, 0.2) is 42.6 Å². The van der Waals surface area contributed by atoms with Gasteiger partial charge in [-0.05, 0) is 24.6 Å². The smallest absolute Gasteiger partial charge is 0.271 e. The second-order valence-electron chi connectivity index (χ2n) is 4.76. The molecule has 0 spiro atoms. The van der Waals surface area contributed by atoms with Crippen LogP contribution < -0.4 is 10.0 Å². The number of hydrogen-bond donors (Lipinski definition) is 2. The van der Waals surface area contributed by atoms with E-state index in [2.05, 4.69) is 15.1 Å². The lowest BCUT2D eigenvalue weighted by molar-refractivity contribution is 0.0948. The molecule has 0 atom stereocenters. The van der Waals surface area contributed by atoms with E-state index < -0.39 is 10.0 Å². The van der Waals surface area contributed by atoms with E-state index in [9.17, 15) is 13.2 Å². The SMILES string of the molecule is CS(=O)(=O)NCCCNC(=O)c1ccn(-c2ccccc2)n1. The summed E-state index contributed by atoms with van der Waals surface area (Å²) < 4.78 is 25.7. The molecule has 0 unspecified atom stereocenters. The third kappa shape index (κ3) is 4.97. The molecule has 1 heterocycles. The van der Waals surface area contributed by atoms with E-state index in [1.165, 1.54) is 0 Å². The predicted octanol–water partition coefficient (Wildman–Crippen LogP) is 0.541. The molecule has 8 heteroatoms. The van der Waals surface area contributed by atoms with Gasteiger partial charge in [0.05, 0.1) is 11.9 Å². The summed E-state index contributed by atoms with van der Waals surface area (Å²) in [5.41, 5.74) is 1.19. The van der Waals surface area contributed by atoms with Crippen molar-refractivity contribution in [3.8, 4) is 5.69 Å². The van der Waals surface area contributed by atoms with Gasteiger partial charge in [-0.25, -0.2) is 17.8 Å². The molecule has 2 rings (SSSR count). The molecule has 0 bridgehead atoms. The van der Waals surface area contributed by atoms with Crippen molar-refractivity contribution in [1.29, 1.82) is 0 Å². The molecule has 118 valence electrons. The van der Waals surface area contributed by atoms with E-state index in [0.717, 1.165) is 11.9 Å². The van der Waals surface area contributed by atoms with Crippen LogP contribution >= 0.6 is 0 Å². The second-order valence-corrected chi connectivity index (χ2v) is 6.59. The number of carbonyl (C=O) groups excluding carboxylic acids is 1. The average Bonchev–Trinajstić information content (AvgIpc) is 2.96. The van der Waals surface area contributed by atoms with Crippen molar-refractivity contribution in [1.82, 2.24) is 19.8 Å². The number of hydrogen-bond acceptors (Lipinski definition) is 4. The molecule has 0 aliphatic heterocycles. The van der Waals surface area contributed by atoms with Gasteiger partial charge in [-0.2, -0.15) is 5.10 Å². The second kappa shape index (κ2) is 7.19. The van der Waals surface area contributed by atoms with E-state index in [4.69, 9.17) is 0 Å². The highest BCUT2D eigenvalue weighted by atomic mass is 32.2. The Hall–Kier alpha value is -2.19. The van der Waals surface area contributed by atoms with E-state index in [-0.39, 0.29) is 12.5 Å². The van der Waals surface area contributed by atoms with Gasteiger partial charge in [0.15, 0.2) is 5.69 Å². The van der Waals surface area contributed by atoms with Crippen molar-refractivity contribution in [2.45, 2.75) is 6.42 Å². The number of rotatable bonds is 7. The standard InChI is InChI=1S/C14H18N4O3S/c1-22(20,21)16-10-5-9-15-14(19)13-8-11-18(17-13)12-6-3-2-4-7-12/h2-4,6-8,11,16H,5,9-10H2,1H3,(H,15,19). The first-order valence-electron chi connectivity index (χ1n) is 6.80. The van der Waals surface area contributed by atoms with Crippen LogP contribution in [0.4, 0.5) is 0 Å². The normalized spacial score (nSPS) is 11.3. The number of para-hydroxylation sites is 1. The zero-order chi connectivity index (χ0) is 16.0. The number of carbonyl (C=O) groups is 1. The Labute approximate surface area is 129 Å². The zero-order valence-corrected chi connectivity index (χ0v) is 13.0. The van der Waals surface area contributed by atoms with Crippen LogP contribution in [0.5, 0.6) is 0 Å². The molecule has 1 aromatic carbocycles. The van der Waals surface area contributed by atoms with E-state index in [1.807, 2.05) is 30.3 Å². The molecule has 2 N–H and O–H groups in total. The van der Waals surface area contributed by atoms with Crippen molar-refractivity contribution in [2.75, 3.05) is 19.3 Å². The van der Waals surface area contributed by atoms with Crippen LogP contribution in [0.1, 0.15) is 16.9 Å². The zero-order valence-electron chi connectivity index (χ0n) is 12.2. The minimum atomic E-state index is -3.18. The number of benzene rings is 1. The monoisotopic (exact) mass is 322 g/mol. The molecule has 0 saturated heterocycles. The Kier molecular flexibility index (Phi) is 5.29. The van der Waals surface area contributed by atoms with Crippen molar-refractivity contribution in [3.63, 3.8) is 0 Å². The van der Waals surface area contributed by atoms with Crippen LogP contribution in [0, 0.1) is 0 Å². The van der Waals surface area contributed by atoms with Gasteiger partial charge >= 0.3 is 0 Å². The fourth-order valence-corrected chi connectivity index (χ4v) is 2.32. The summed E-state index contributed by atoms with van der Waals surface area (Å²) in [5, 5.41) is 6.91. The molecular formula is C14H18N4O3S. The Morgan fingerprint density at radius 3 is 2.59 bits per heavy atom. The number of amides is 1. The highest BCUT2D eigenvalue weighted by molar-refractivity contribution is 7.88. The maximum atomic E-state index is 11.9. The Bertz CT molecular complexity index is 726. The van der Waals surface area contributed by atoms with Crippen molar-refractivity contribution < 1.29 is 13.2 Å². The Balaban J connectivity index is 1.82. The van der Waals surface area contributed by atoms with Gasteiger partial charge in [-0.15, -0.1) is 0 Å². The fraction of sp³-hybridized carbons (Fsp3) is 0.286. The summed E-state index contributed by atoms with van der Waals surface area (Å²) in [6, 6.07) is 11.1. The summed E-state index contributed by atoms with van der Waals surface area (Å²) in [4.78, 5) is 11.9. The molecule has 1 amide bonds. The lowest BCUT2D eigenvalue weighted by Crippen LogP contribution is -2.29. The largest absolute Gasteiger partial charge is 0.351 e. The molecule has 0 aliphatic rings. The van der Waals surface area contributed by atoms with Gasteiger partial charge in [0.2, 0.25) is 10.0 Å². The summed E-state index contributed by atoms with van der Waals surface area (Å²) >= 11 is 0. The number of nitrogens with zero attached hydrogens (tertiary/aromatic N) is 2. The quantitative estimate of drug-likeness (QED) is 0.728. The van der Waals surface area contributed by atoms with Crippen LogP contribution in [-0.2, 0) is 10.0 Å². The minimum absolute atomic E-state index is 0.283. The molecule has 0 fully saturated rings. The van der Waals surface area contributed by atoms with Crippen molar-refractivity contribution in [2.24, 2.45) is 0 Å². The van der Waals surface area contributed by atoms with Crippen LogP contribution in [0.25, 0.3) is 5.69 Å². The first-order valence-corrected chi connectivity index (χ1v) is 8.69. The highest BCUT2D eigenvalue weighted by Gasteiger charge is 2.09. The molecule has 0 aliphatic carbocycles. The molecule has 1 aromatic heterocycles. The fourth-order valence-electron chi connectivity index (χ4n) is 1.81. The highest BCUT2D eigenvalue weighted by Crippen LogP contribution is 2.06. The third-order valence-electron chi connectivity index (χ3n) is 2.85. The summed E-state index contributed by atoms with van der Waals surface area (Å²) in [5.74, 6) is -0.283. The molecule has 22 heavy (non-hydrogen) atoms. The van der Waals surface area contributed by atoms with E-state index in [0.29, 0.717) is 18.7 Å². The van der Waals surface area contributed by atoms with E-state index in [1.54, 1.807) is 16.9 Å². The minimum Gasteiger partial charge on any atom is -0.351 e. The maximum Gasteiger partial charge on any atom is 0.271 e. The van der Waals surface area contributed by atoms with Crippen LogP contribution in [-0.4, -0.2) is 43.5 Å². The van der Waals surface area contributed by atoms with Crippen LogP contribution in [0.2, 0.25) is 0 Å². The topological polar surface area (TPSA) is 93.1 Å². The number of sulfonamides is 1. The number of aromatic nitrogens is 2. The molecule has 0 radical (unpaired) electrons. The van der Waals surface area contributed by atoms with Gasteiger partial charge in [-0.3, -0.25) is 4.79 Å². The van der Waals surface area contributed by atoms with Gasteiger partial charge in [0.1, 0.15) is 0 Å². The molecule has 7 nitrogen and oxygen atoms in total. The predicted molar refractivity (Wildman–Crippen MR) is 83.4 cm³/mol. The van der Waals surface area contributed by atoms with Gasteiger partial charge in [0, 0.05) is 19.3 Å². The Morgan fingerprint density at radius 1 is 1.18 bits per heavy atom. The summed E-state index contributed by atoms with van der Waals surface area (Å²) in [6.07, 6.45) is 3.33. The molecular weight excluding hydrogens is 304 g/mol. The lowest BCUT2D eigenvalue weighted by Gasteiger charge is -2.04. The molecule has 2 aromatic rings. The third-order valence-corrected chi connectivity index (χ3v) is 3.57. The Morgan fingerprint density at radius 2 is 1.91 bits per heavy atom. The molecule has 0 saturated carbocycles. The average molecular weight is 322 g/mol. The first-order chi connectivity index (χ1) is 10.5. The van der Waals surface area contributed by atoms with E-state index >= 15 is 0 Å². The van der Waals surface area contributed by atoms with Crippen LogP contribution in [0.3, 0.4) is 0 Å². The van der Waals surface area contributed by atoms with Gasteiger partial charge in [-0.1, -0.05) is 18.2 Å². The summed E-state index contributed by atoms with van der Waals surface area (Å²) in [7, 11) is -3.18. The lowest BCUT2D eigenvalue weighted by atomic mass is 10.3. The van der Waals surface area contributed by atoms with Gasteiger partial charge < -0.3 is 5.32 Å². The van der Waals surface area contributed by atoms with Crippen molar-refractivity contribution in [3.05, 3.63) is 48.3 Å². The summed E-state index contributed by atoms with van der Waals surface area (Å²) in [6.45, 7) is 0.664. The number of nitrogens with one attached hydrogen (secondary N) is 2. The van der Waals surface area contributed by atoms with Gasteiger partial charge in [0.25, 0.3) is 5.91 Å². The first kappa shape index (κ1) is 16.2. The van der Waals surface area contributed by atoms with Crippen molar-refractivity contribution >= 4 is 15.9 Å². The maximum absolute atomic E-state index is 11.9.